The zero-order valence-corrected chi connectivity index (χ0v) is 14.0. The number of halogens is 1. The number of hydrogen-bond acceptors (Lipinski definition) is 2. The molecule has 3 heteroatoms. The van der Waals surface area contributed by atoms with Crippen molar-refractivity contribution in [3.8, 4) is 0 Å². The van der Waals surface area contributed by atoms with E-state index in [4.69, 9.17) is 4.74 Å². The van der Waals surface area contributed by atoms with E-state index < -0.39 is 0 Å². The molecule has 0 aromatic heterocycles. The highest BCUT2D eigenvalue weighted by Gasteiger charge is 2.33. The molecule has 0 saturated heterocycles. The highest BCUT2D eigenvalue weighted by Crippen LogP contribution is 2.36. The van der Waals surface area contributed by atoms with Crippen LogP contribution in [0, 0.1) is 17.8 Å². The average Bonchev–Trinajstić information content (AvgIpc) is 2.38. The van der Waals surface area contributed by atoms with Crippen LogP contribution in [-0.2, 0) is 4.74 Å². The summed E-state index contributed by atoms with van der Waals surface area (Å²) in [6.07, 6.45) is 3.44. The van der Waals surface area contributed by atoms with Crippen molar-refractivity contribution in [1.82, 2.24) is 0 Å². The summed E-state index contributed by atoms with van der Waals surface area (Å²) in [7, 11) is 0. The standard InChI is InChI=1S/C17H23BrO2/c1-11(2)13-9-8-12(3)10-16(13)20-17(19)14-6-4-5-7-15(14)18/h4-7,11-13,16H,8-10H2,1-3H3. The smallest absolute Gasteiger partial charge is 0.339 e. The molecule has 2 nitrogen and oxygen atoms in total. The minimum atomic E-state index is -0.206. The fourth-order valence-corrected chi connectivity index (χ4v) is 3.52. The zero-order valence-electron chi connectivity index (χ0n) is 12.4. The molecule has 3 unspecified atom stereocenters. The molecule has 2 rings (SSSR count). The summed E-state index contributed by atoms with van der Waals surface area (Å²) in [6.45, 7) is 6.69. The van der Waals surface area contributed by atoms with Crippen molar-refractivity contribution in [2.45, 2.75) is 46.1 Å². The number of ether oxygens (including phenoxy) is 1. The largest absolute Gasteiger partial charge is 0.458 e. The maximum Gasteiger partial charge on any atom is 0.339 e. The van der Waals surface area contributed by atoms with Gasteiger partial charge in [-0.25, -0.2) is 4.79 Å². The van der Waals surface area contributed by atoms with Crippen LogP contribution >= 0.6 is 15.9 Å². The zero-order chi connectivity index (χ0) is 14.7. The third-order valence-corrected chi connectivity index (χ3v) is 5.01. The van der Waals surface area contributed by atoms with E-state index in [1.807, 2.05) is 24.3 Å². The number of esters is 1. The molecule has 0 heterocycles. The Kier molecular flexibility index (Phi) is 5.25. The Balaban J connectivity index is 2.10. The summed E-state index contributed by atoms with van der Waals surface area (Å²) in [5.74, 6) is 1.47. The third-order valence-electron chi connectivity index (χ3n) is 4.31. The van der Waals surface area contributed by atoms with Crippen LogP contribution in [0.2, 0.25) is 0 Å². The molecular formula is C17H23BrO2. The Bertz CT molecular complexity index is 470. The summed E-state index contributed by atoms with van der Waals surface area (Å²) >= 11 is 3.42. The number of carbonyl (C=O) groups is 1. The first kappa shape index (κ1) is 15.6. The number of benzene rings is 1. The second-order valence-electron chi connectivity index (χ2n) is 6.25. The Morgan fingerprint density at radius 3 is 2.65 bits per heavy atom. The van der Waals surface area contributed by atoms with Crippen molar-refractivity contribution in [3.63, 3.8) is 0 Å². The van der Waals surface area contributed by atoms with Crippen LogP contribution in [-0.4, -0.2) is 12.1 Å². The lowest BCUT2D eigenvalue weighted by Crippen LogP contribution is -2.35. The first-order valence-electron chi connectivity index (χ1n) is 7.44. The summed E-state index contributed by atoms with van der Waals surface area (Å²) in [4.78, 5) is 12.4. The second kappa shape index (κ2) is 6.75. The Hall–Kier alpha value is -0.830. The van der Waals surface area contributed by atoms with Crippen molar-refractivity contribution in [1.29, 1.82) is 0 Å². The molecule has 20 heavy (non-hydrogen) atoms. The lowest BCUT2D eigenvalue weighted by molar-refractivity contribution is -0.0174. The minimum absolute atomic E-state index is 0.0540. The molecule has 1 aliphatic carbocycles. The van der Waals surface area contributed by atoms with Crippen molar-refractivity contribution in [2.24, 2.45) is 17.8 Å². The maximum absolute atomic E-state index is 12.4. The van der Waals surface area contributed by atoms with Gasteiger partial charge in [0.15, 0.2) is 0 Å². The van der Waals surface area contributed by atoms with Gasteiger partial charge in [0, 0.05) is 4.47 Å². The molecule has 110 valence electrons. The van der Waals surface area contributed by atoms with E-state index in [1.54, 1.807) is 0 Å². The maximum atomic E-state index is 12.4. The van der Waals surface area contributed by atoms with E-state index in [9.17, 15) is 4.79 Å². The second-order valence-corrected chi connectivity index (χ2v) is 7.10. The van der Waals surface area contributed by atoms with Crippen LogP contribution < -0.4 is 0 Å². The molecule has 0 aliphatic heterocycles. The van der Waals surface area contributed by atoms with E-state index in [1.165, 1.54) is 6.42 Å². The summed E-state index contributed by atoms with van der Waals surface area (Å²) in [5.41, 5.74) is 0.619. The van der Waals surface area contributed by atoms with Gasteiger partial charge in [0.25, 0.3) is 0 Å². The van der Waals surface area contributed by atoms with Crippen LogP contribution in [0.3, 0.4) is 0 Å². The van der Waals surface area contributed by atoms with Gasteiger partial charge < -0.3 is 4.74 Å². The quantitative estimate of drug-likeness (QED) is 0.719. The lowest BCUT2D eigenvalue weighted by atomic mass is 9.75. The molecule has 1 fully saturated rings. The molecule has 0 N–H and O–H groups in total. The van der Waals surface area contributed by atoms with Gasteiger partial charge in [-0.3, -0.25) is 0 Å². The fraction of sp³-hybridized carbons (Fsp3) is 0.588. The number of carbonyl (C=O) groups excluding carboxylic acids is 1. The lowest BCUT2D eigenvalue weighted by Gasteiger charge is -2.36. The summed E-state index contributed by atoms with van der Waals surface area (Å²) < 4.78 is 6.63. The topological polar surface area (TPSA) is 26.3 Å². The fourth-order valence-electron chi connectivity index (χ4n) is 3.08. The van der Waals surface area contributed by atoms with Crippen LogP contribution in [0.4, 0.5) is 0 Å². The normalized spacial score (nSPS) is 26.6. The van der Waals surface area contributed by atoms with Crippen LogP contribution in [0.1, 0.15) is 50.4 Å². The molecule has 0 bridgehead atoms. The minimum Gasteiger partial charge on any atom is -0.458 e. The molecule has 3 atom stereocenters. The van der Waals surface area contributed by atoms with E-state index in [0.717, 1.165) is 17.3 Å². The Labute approximate surface area is 130 Å². The first-order valence-corrected chi connectivity index (χ1v) is 8.23. The Morgan fingerprint density at radius 1 is 1.30 bits per heavy atom. The molecule has 1 aromatic carbocycles. The Morgan fingerprint density at radius 2 is 2.00 bits per heavy atom. The molecule has 0 radical (unpaired) electrons. The van der Waals surface area contributed by atoms with E-state index in [0.29, 0.717) is 23.3 Å². The van der Waals surface area contributed by atoms with Crippen LogP contribution in [0.15, 0.2) is 28.7 Å². The van der Waals surface area contributed by atoms with Gasteiger partial charge in [0.2, 0.25) is 0 Å². The van der Waals surface area contributed by atoms with E-state index in [-0.39, 0.29) is 12.1 Å². The van der Waals surface area contributed by atoms with Gasteiger partial charge in [-0.05, 0) is 58.7 Å². The van der Waals surface area contributed by atoms with Crippen molar-refractivity contribution in [3.05, 3.63) is 34.3 Å². The van der Waals surface area contributed by atoms with Crippen LogP contribution in [0.5, 0.6) is 0 Å². The molecular weight excluding hydrogens is 316 g/mol. The molecule has 0 amide bonds. The molecule has 1 aliphatic rings. The van der Waals surface area contributed by atoms with Crippen LogP contribution in [0.25, 0.3) is 0 Å². The van der Waals surface area contributed by atoms with Gasteiger partial charge in [-0.1, -0.05) is 39.3 Å². The van der Waals surface area contributed by atoms with Crippen molar-refractivity contribution < 1.29 is 9.53 Å². The van der Waals surface area contributed by atoms with Crippen molar-refractivity contribution >= 4 is 21.9 Å². The van der Waals surface area contributed by atoms with Gasteiger partial charge in [-0.2, -0.15) is 0 Å². The number of rotatable bonds is 3. The van der Waals surface area contributed by atoms with Gasteiger partial charge in [-0.15, -0.1) is 0 Å². The highest BCUT2D eigenvalue weighted by molar-refractivity contribution is 9.10. The SMILES string of the molecule is CC1CCC(C(C)C)C(OC(=O)c2ccccc2Br)C1. The van der Waals surface area contributed by atoms with E-state index in [2.05, 4.69) is 36.7 Å². The van der Waals surface area contributed by atoms with E-state index >= 15 is 0 Å². The third kappa shape index (κ3) is 3.63. The predicted molar refractivity (Wildman–Crippen MR) is 84.7 cm³/mol. The highest BCUT2D eigenvalue weighted by atomic mass is 79.9. The average molecular weight is 339 g/mol. The number of hydrogen-bond donors (Lipinski definition) is 0. The molecule has 1 saturated carbocycles. The van der Waals surface area contributed by atoms with Crippen molar-refractivity contribution in [2.75, 3.05) is 0 Å². The summed E-state index contributed by atoms with van der Waals surface area (Å²) in [6, 6.07) is 7.45. The predicted octanol–water partition coefficient (Wildman–Crippen LogP) is 5.07. The van der Waals surface area contributed by atoms with Gasteiger partial charge in [0.05, 0.1) is 5.56 Å². The monoisotopic (exact) mass is 338 g/mol. The van der Waals surface area contributed by atoms with Gasteiger partial charge >= 0.3 is 5.97 Å². The molecule has 0 spiro atoms. The molecule has 1 aromatic rings. The van der Waals surface area contributed by atoms with Gasteiger partial charge in [0.1, 0.15) is 6.10 Å². The first-order chi connectivity index (χ1) is 9.49. The summed E-state index contributed by atoms with van der Waals surface area (Å²) in [5, 5.41) is 0.